The normalized spacial score (nSPS) is 21.4. The van der Waals surface area contributed by atoms with E-state index in [-0.39, 0.29) is 5.56 Å². The lowest BCUT2D eigenvalue weighted by molar-refractivity contribution is 0.424. The number of nitrogens with one attached hydrogen (secondary N) is 1. The van der Waals surface area contributed by atoms with Crippen molar-refractivity contribution >= 4 is 0 Å². The van der Waals surface area contributed by atoms with Crippen molar-refractivity contribution in [1.82, 2.24) is 9.88 Å². The largest absolute Gasteiger partial charge is 0.311 e. The van der Waals surface area contributed by atoms with E-state index in [1.165, 1.54) is 0 Å². The Hall–Kier alpha value is -1.09. The Morgan fingerprint density at radius 1 is 1.57 bits per heavy atom. The molecule has 0 unspecified atom stereocenters. The van der Waals surface area contributed by atoms with E-state index in [2.05, 4.69) is 12.2 Å². The van der Waals surface area contributed by atoms with Crippen LogP contribution in [0.2, 0.25) is 0 Å². The number of hydrogen-bond acceptors (Lipinski definition) is 2. The highest BCUT2D eigenvalue weighted by atomic mass is 16.1. The van der Waals surface area contributed by atoms with Gasteiger partial charge in [0.2, 0.25) is 0 Å². The summed E-state index contributed by atoms with van der Waals surface area (Å²) in [6, 6.07) is 5.50. The van der Waals surface area contributed by atoms with E-state index in [1.54, 1.807) is 6.07 Å². The standard InChI is InChI=1S/C11H16N2O/c1-2-9-6-12-7-10-4-3-5-11(14)13(10)8-9/h3-5,9,12H,2,6-8H2,1H3/t9-/m1/s1. The summed E-state index contributed by atoms with van der Waals surface area (Å²) in [6.07, 6.45) is 1.12. The SMILES string of the molecule is CC[C@@H]1CNCc2cccc(=O)n2C1. The summed E-state index contributed by atoms with van der Waals surface area (Å²) in [7, 11) is 0. The average Bonchev–Trinajstić information content (AvgIpc) is 2.40. The van der Waals surface area contributed by atoms with Gasteiger partial charge in [0, 0.05) is 31.4 Å². The third-order valence-corrected chi connectivity index (χ3v) is 2.90. The molecule has 1 aromatic rings. The monoisotopic (exact) mass is 192 g/mol. The molecular weight excluding hydrogens is 176 g/mol. The average molecular weight is 192 g/mol. The van der Waals surface area contributed by atoms with Crippen LogP contribution in [0.15, 0.2) is 23.0 Å². The Labute approximate surface area is 83.8 Å². The van der Waals surface area contributed by atoms with Crippen molar-refractivity contribution in [2.75, 3.05) is 6.54 Å². The molecular formula is C11H16N2O. The molecule has 2 heterocycles. The zero-order valence-corrected chi connectivity index (χ0v) is 8.49. The lowest BCUT2D eigenvalue weighted by Crippen LogP contribution is -2.24. The minimum atomic E-state index is 0.129. The molecule has 0 fully saturated rings. The van der Waals surface area contributed by atoms with Gasteiger partial charge in [-0.3, -0.25) is 4.79 Å². The van der Waals surface area contributed by atoms with E-state index >= 15 is 0 Å². The molecule has 0 radical (unpaired) electrons. The summed E-state index contributed by atoms with van der Waals surface area (Å²) in [5.41, 5.74) is 1.23. The van der Waals surface area contributed by atoms with Gasteiger partial charge in [0.15, 0.2) is 0 Å². The van der Waals surface area contributed by atoms with Crippen LogP contribution in [0.5, 0.6) is 0 Å². The molecule has 0 aromatic carbocycles. The van der Waals surface area contributed by atoms with Crippen LogP contribution >= 0.6 is 0 Å². The third-order valence-electron chi connectivity index (χ3n) is 2.90. The molecule has 0 spiro atoms. The highest BCUT2D eigenvalue weighted by molar-refractivity contribution is 5.07. The van der Waals surface area contributed by atoms with E-state index in [0.717, 1.165) is 31.7 Å². The van der Waals surface area contributed by atoms with E-state index in [1.807, 2.05) is 16.7 Å². The Morgan fingerprint density at radius 2 is 2.43 bits per heavy atom. The number of pyridine rings is 1. The van der Waals surface area contributed by atoms with Gasteiger partial charge in [-0.1, -0.05) is 19.4 Å². The second-order valence-corrected chi connectivity index (χ2v) is 3.87. The first kappa shape index (κ1) is 9.46. The first-order chi connectivity index (χ1) is 6.81. The second-order valence-electron chi connectivity index (χ2n) is 3.87. The van der Waals surface area contributed by atoms with Crippen molar-refractivity contribution in [1.29, 1.82) is 0 Å². The molecule has 3 heteroatoms. The Bertz CT molecular complexity index is 370. The van der Waals surface area contributed by atoms with Crippen LogP contribution in [-0.2, 0) is 13.1 Å². The first-order valence-corrected chi connectivity index (χ1v) is 5.20. The Morgan fingerprint density at radius 3 is 3.21 bits per heavy atom. The molecule has 1 atom stereocenters. The second kappa shape index (κ2) is 3.96. The van der Waals surface area contributed by atoms with E-state index in [4.69, 9.17) is 0 Å². The highest BCUT2D eigenvalue weighted by Gasteiger charge is 2.14. The maximum atomic E-state index is 11.6. The molecule has 0 aliphatic carbocycles. The van der Waals surface area contributed by atoms with Gasteiger partial charge in [-0.05, 0) is 12.0 Å². The fraction of sp³-hybridized carbons (Fsp3) is 0.545. The summed E-state index contributed by atoms with van der Waals surface area (Å²) >= 11 is 0. The van der Waals surface area contributed by atoms with Gasteiger partial charge < -0.3 is 9.88 Å². The van der Waals surface area contributed by atoms with Crippen LogP contribution in [0.3, 0.4) is 0 Å². The molecule has 0 saturated heterocycles. The highest BCUT2D eigenvalue weighted by Crippen LogP contribution is 2.10. The van der Waals surface area contributed by atoms with Crippen molar-refractivity contribution in [3.63, 3.8) is 0 Å². The zero-order valence-electron chi connectivity index (χ0n) is 8.49. The Kier molecular flexibility index (Phi) is 2.68. The number of aromatic nitrogens is 1. The summed E-state index contributed by atoms with van der Waals surface area (Å²) in [4.78, 5) is 11.6. The van der Waals surface area contributed by atoms with Gasteiger partial charge in [-0.25, -0.2) is 0 Å². The van der Waals surface area contributed by atoms with Gasteiger partial charge in [0.05, 0.1) is 0 Å². The number of rotatable bonds is 1. The van der Waals surface area contributed by atoms with Crippen molar-refractivity contribution in [2.24, 2.45) is 5.92 Å². The molecule has 0 amide bonds. The molecule has 0 bridgehead atoms. The predicted molar refractivity (Wildman–Crippen MR) is 56.2 cm³/mol. The van der Waals surface area contributed by atoms with Crippen molar-refractivity contribution in [3.8, 4) is 0 Å². The molecule has 1 aliphatic heterocycles. The van der Waals surface area contributed by atoms with E-state index in [9.17, 15) is 4.79 Å². The minimum Gasteiger partial charge on any atom is -0.311 e. The van der Waals surface area contributed by atoms with Crippen LogP contribution < -0.4 is 10.9 Å². The van der Waals surface area contributed by atoms with Gasteiger partial charge in [0.25, 0.3) is 5.56 Å². The van der Waals surface area contributed by atoms with Crippen LogP contribution in [0, 0.1) is 5.92 Å². The van der Waals surface area contributed by atoms with Gasteiger partial charge >= 0.3 is 0 Å². The molecule has 0 saturated carbocycles. The number of nitrogens with zero attached hydrogens (tertiary/aromatic N) is 1. The first-order valence-electron chi connectivity index (χ1n) is 5.20. The molecule has 76 valence electrons. The minimum absolute atomic E-state index is 0.129. The molecule has 1 N–H and O–H groups in total. The fourth-order valence-electron chi connectivity index (χ4n) is 1.93. The van der Waals surface area contributed by atoms with Crippen molar-refractivity contribution < 1.29 is 0 Å². The predicted octanol–water partition coefficient (Wildman–Crippen LogP) is 0.978. The molecule has 3 nitrogen and oxygen atoms in total. The third kappa shape index (κ3) is 1.73. The van der Waals surface area contributed by atoms with E-state index < -0.39 is 0 Å². The lowest BCUT2D eigenvalue weighted by atomic mass is 10.1. The molecule has 1 aliphatic rings. The van der Waals surface area contributed by atoms with Gasteiger partial charge in [-0.15, -0.1) is 0 Å². The van der Waals surface area contributed by atoms with Gasteiger partial charge in [-0.2, -0.15) is 0 Å². The lowest BCUT2D eigenvalue weighted by Gasteiger charge is -2.13. The molecule has 1 aromatic heterocycles. The maximum Gasteiger partial charge on any atom is 0.250 e. The summed E-state index contributed by atoms with van der Waals surface area (Å²) < 4.78 is 1.90. The number of hydrogen-bond donors (Lipinski definition) is 1. The van der Waals surface area contributed by atoms with Crippen LogP contribution in [0.25, 0.3) is 0 Å². The summed E-state index contributed by atoms with van der Waals surface area (Å²) in [5, 5.41) is 3.37. The molecule has 2 rings (SSSR count). The van der Waals surface area contributed by atoms with E-state index in [0.29, 0.717) is 5.92 Å². The van der Waals surface area contributed by atoms with Gasteiger partial charge in [0.1, 0.15) is 0 Å². The smallest absolute Gasteiger partial charge is 0.250 e. The van der Waals surface area contributed by atoms with Crippen molar-refractivity contribution in [3.05, 3.63) is 34.2 Å². The Balaban J connectivity index is 2.38. The fourth-order valence-corrected chi connectivity index (χ4v) is 1.93. The van der Waals surface area contributed by atoms with Crippen LogP contribution in [-0.4, -0.2) is 11.1 Å². The number of fused-ring (bicyclic) bond motifs is 1. The van der Waals surface area contributed by atoms with Crippen LogP contribution in [0.4, 0.5) is 0 Å². The summed E-state index contributed by atoms with van der Waals surface area (Å²) in [5.74, 6) is 0.580. The summed E-state index contributed by atoms with van der Waals surface area (Å²) in [6.45, 7) is 4.86. The molecule has 14 heavy (non-hydrogen) atoms. The quantitative estimate of drug-likeness (QED) is 0.719. The van der Waals surface area contributed by atoms with Crippen LogP contribution in [0.1, 0.15) is 19.0 Å². The van der Waals surface area contributed by atoms with Crippen molar-refractivity contribution in [2.45, 2.75) is 26.4 Å². The zero-order chi connectivity index (χ0) is 9.97. The maximum absolute atomic E-state index is 11.6. The topological polar surface area (TPSA) is 34.0 Å².